The van der Waals surface area contributed by atoms with Crippen LogP contribution in [0.5, 0.6) is 0 Å². The van der Waals surface area contributed by atoms with E-state index in [9.17, 15) is 0 Å². The molecule has 0 atom stereocenters. The zero-order valence-electron chi connectivity index (χ0n) is 33.3. The zero-order chi connectivity index (χ0) is 40.3. The fourth-order valence-electron chi connectivity index (χ4n) is 9.49. The summed E-state index contributed by atoms with van der Waals surface area (Å²) in [5.74, 6) is 0. The van der Waals surface area contributed by atoms with Gasteiger partial charge in [0.25, 0.3) is 0 Å². The topological polar surface area (TPSA) is 17.8 Å². The molecule has 0 amide bonds. The van der Waals surface area contributed by atoms with E-state index in [0.717, 1.165) is 39.3 Å². The molecule has 61 heavy (non-hydrogen) atoms. The molecule has 0 radical (unpaired) electrons. The molecule has 2 heterocycles. The normalized spacial score (nSPS) is 11.6. The first kappa shape index (κ1) is 34.9. The van der Waals surface area contributed by atoms with Gasteiger partial charge in [-0.1, -0.05) is 188 Å². The van der Waals surface area contributed by atoms with Gasteiger partial charge in [-0.2, -0.15) is 0 Å². The third-order valence-electron chi connectivity index (χ3n) is 12.4. The highest BCUT2D eigenvalue weighted by Gasteiger charge is 2.18. The molecule has 0 bridgehead atoms. The minimum Gasteiger partial charge on any atom is -0.309 e. The van der Waals surface area contributed by atoms with Crippen molar-refractivity contribution in [3.05, 3.63) is 231 Å². The van der Waals surface area contributed by atoms with Crippen LogP contribution in [0.4, 0.5) is 0 Å². The summed E-state index contributed by atoms with van der Waals surface area (Å²) in [6.45, 7) is 0. The Balaban J connectivity index is 1.06. The minimum absolute atomic E-state index is 0.961. The first-order chi connectivity index (χ1) is 30.2. The van der Waals surface area contributed by atoms with Crippen molar-refractivity contribution in [2.75, 3.05) is 0 Å². The third-order valence-corrected chi connectivity index (χ3v) is 12.4. The van der Waals surface area contributed by atoms with Gasteiger partial charge in [0.05, 0.1) is 22.4 Å². The Morgan fingerprint density at radius 3 is 1.44 bits per heavy atom. The van der Waals surface area contributed by atoms with Gasteiger partial charge in [-0.15, -0.1) is 0 Å². The van der Waals surface area contributed by atoms with Gasteiger partial charge in [-0.25, -0.2) is 4.98 Å². The third kappa shape index (κ3) is 5.92. The Morgan fingerprint density at radius 2 is 0.754 bits per heavy atom. The van der Waals surface area contributed by atoms with Crippen LogP contribution in [0.2, 0.25) is 0 Å². The molecule has 0 unspecified atom stereocenters. The van der Waals surface area contributed by atoms with Crippen molar-refractivity contribution in [1.82, 2.24) is 9.55 Å². The molecule has 0 aliphatic rings. The molecule has 0 saturated carbocycles. The van der Waals surface area contributed by atoms with Crippen LogP contribution in [0, 0.1) is 0 Å². The number of pyridine rings is 1. The van der Waals surface area contributed by atoms with Gasteiger partial charge in [0.15, 0.2) is 0 Å². The van der Waals surface area contributed by atoms with Crippen LogP contribution in [-0.4, -0.2) is 9.55 Å². The van der Waals surface area contributed by atoms with Gasteiger partial charge < -0.3 is 4.57 Å². The summed E-state index contributed by atoms with van der Waals surface area (Å²) >= 11 is 0. The molecule has 2 heteroatoms. The molecule has 12 aromatic rings. The molecule has 2 nitrogen and oxygen atoms in total. The van der Waals surface area contributed by atoms with Crippen molar-refractivity contribution in [1.29, 1.82) is 0 Å². The Labute approximate surface area is 354 Å². The number of rotatable bonds is 6. The number of aromatic nitrogens is 2. The molecule has 12 rings (SSSR count). The summed E-state index contributed by atoms with van der Waals surface area (Å²) in [6.07, 6.45) is 0. The Hall–Kier alpha value is -8.07. The van der Waals surface area contributed by atoms with Gasteiger partial charge in [-0.3, -0.25) is 0 Å². The summed E-state index contributed by atoms with van der Waals surface area (Å²) in [6, 6.07) is 83.6. The second-order valence-corrected chi connectivity index (χ2v) is 15.9. The van der Waals surface area contributed by atoms with E-state index < -0.39 is 0 Å². The monoisotopic (exact) mass is 774 g/mol. The fourth-order valence-corrected chi connectivity index (χ4v) is 9.49. The van der Waals surface area contributed by atoms with Crippen molar-refractivity contribution in [3.8, 4) is 61.6 Å². The van der Waals surface area contributed by atoms with Crippen LogP contribution in [0.1, 0.15) is 0 Å². The molecule has 2 aromatic heterocycles. The summed E-state index contributed by atoms with van der Waals surface area (Å²) in [7, 11) is 0. The first-order valence-corrected chi connectivity index (χ1v) is 21.0. The minimum atomic E-state index is 0.961. The summed E-state index contributed by atoms with van der Waals surface area (Å²) in [5, 5.41) is 10.00. The number of hydrogen-bond acceptors (Lipinski definition) is 1. The SMILES string of the molecule is c1ccc(-c2ccc(-n3c4ccccc4c4ccc(-c5cccc6c7ccccc7c7cc(-c8cc(-c9ccccc9)nc(-c9ccccc9)c8)ccc7c56)cc43)cc2)cc1. The van der Waals surface area contributed by atoms with Crippen molar-refractivity contribution >= 4 is 54.1 Å². The molecule has 284 valence electrons. The molecule has 0 aliphatic heterocycles. The highest BCUT2D eigenvalue weighted by Crippen LogP contribution is 2.43. The van der Waals surface area contributed by atoms with E-state index in [0.29, 0.717) is 0 Å². The van der Waals surface area contributed by atoms with Gasteiger partial charge in [0.1, 0.15) is 0 Å². The van der Waals surface area contributed by atoms with Gasteiger partial charge in [-0.05, 0) is 108 Å². The van der Waals surface area contributed by atoms with E-state index in [4.69, 9.17) is 4.98 Å². The quantitative estimate of drug-likeness (QED) is 0.154. The summed E-state index contributed by atoms with van der Waals surface area (Å²) < 4.78 is 2.43. The van der Waals surface area contributed by atoms with Crippen molar-refractivity contribution in [2.45, 2.75) is 0 Å². The summed E-state index contributed by atoms with van der Waals surface area (Å²) in [4.78, 5) is 5.17. The van der Waals surface area contributed by atoms with Gasteiger partial charge >= 0.3 is 0 Å². The second-order valence-electron chi connectivity index (χ2n) is 15.9. The van der Waals surface area contributed by atoms with Crippen LogP contribution in [0.25, 0.3) is 116 Å². The Morgan fingerprint density at radius 1 is 0.262 bits per heavy atom. The lowest BCUT2D eigenvalue weighted by atomic mass is 9.88. The molecule has 0 aliphatic carbocycles. The Bertz CT molecular complexity index is 3550. The first-order valence-electron chi connectivity index (χ1n) is 21.0. The van der Waals surface area contributed by atoms with Crippen LogP contribution in [-0.2, 0) is 0 Å². The van der Waals surface area contributed by atoms with Crippen molar-refractivity contribution in [3.63, 3.8) is 0 Å². The molecule has 0 N–H and O–H groups in total. The maximum Gasteiger partial charge on any atom is 0.0715 e. The molecule has 0 saturated heterocycles. The van der Waals surface area contributed by atoms with E-state index >= 15 is 0 Å². The van der Waals surface area contributed by atoms with E-state index in [1.165, 1.54) is 76.4 Å². The number of fused-ring (bicyclic) bond motifs is 9. The number of benzene rings is 10. The highest BCUT2D eigenvalue weighted by atomic mass is 15.0. The molecular formula is C59H38N2. The predicted molar refractivity (Wildman–Crippen MR) is 258 cm³/mol. The highest BCUT2D eigenvalue weighted by molar-refractivity contribution is 6.29. The largest absolute Gasteiger partial charge is 0.309 e. The molecular weight excluding hydrogens is 737 g/mol. The number of nitrogens with zero attached hydrogens (tertiary/aromatic N) is 2. The van der Waals surface area contributed by atoms with E-state index in [1.807, 2.05) is 0 Å². The van der Waals surface area contributed by atoms with Crippen LogP contribution in [0.3, 0.4) is 0 Å². The lowest BCUT2D eigenvalue weighted by molar-refractivity contribution is 1.18. The number of hydrogen-bond donors (Lipinski definition) is 0. The lowest BCUT2D eigenvalue weighted by Gasteiger charge is -2.16. The van der Waals surface area contributed by atoms with Crippen LogP contribution >= 0.6 is 0 Å². The van der Waals surface area contributed by atoms with Crippen molar-refractivity contribution in [2.24, 2.45) is 0 Å². The van der Waals surface area contributed by atoms with E-state index in [2.05, 4.69) is 235 Å². The average molecular weight is 775 g/mol. The van der Waals surface area contributed by atoms with E-state index in [-0.39, 0.29) is 0 Å². The standard InChI is InChI=1S/C59H38N2/c1-4-15-39(16-5-1)40-27-31-46(32-28-40)61-57-26-13-12-23-50(57)51-33-30-44(38-58(51)61)47-24-14-25-52-48-21-10-11-22-49(48)54-35-43(29-34-53(54)59(47)52)45-36-55(41-17-6-2-7-18-41)60-56(37-45)42-19-8-3-9-20-42/h1-38H. The average Bonchev–Trinajstić information content (AvgIpc) is 3.68. The van der Waals surface area contributed by atoms with E-state index in [1.54, 1.807) is 0 Å². The predicted octanol–water partition coefficient (Wildman–Crippen LogP) is 16.0. The fraction of sp³-hybridized carbons (Fsp3) is 0. The lowest BCUT2D eigenvalue weighted by Crippen LogP contribution is -1.94. The maximum absolute atomic E-state index is 5.17. The Kier molecular flexibility index (Phi) is 8.21. The maximum atomic E-state index is 5.17. The van der Waals surface area contributed by atoms with Crippen LogP contribution in [0.15, 0.2) is 231 Å². The molecule has 0 spiro atoms. The summed E-state index contributed by atoms with van der Waals surface area (Å²) in [5.41, 5.74) is 14.8. The number of para-hydroxylation sites is 1. The second kappa shape index (κ2) is 14.3. The van der Waals surface area contributed by atoms with Gasteiger partial charge in [0.2, 0.25) is 0 Å². The van der Waals surface area contributed by atoms with Gasteiger partial charge in [0, 0.05) is 27.6 Å². The molecule has 0 fully saturated rings. The smallest absolute Gasteiger partial charge is 0.0715 e. The van der Waals surface area contributed by atoms with Crippen molar-refractivity contribution < 1.29 is 0 Å². The zero-order valence-corrected chi connectivity index (χ0v) is 33.3. The van der Waals surface area contributed by atoms with Crippen LogP contribution < -0.4 is 0 Å². The molecule has 10 aromatic carbocycles.